The number of benzene rings is 2. The highest BCUT2D eigenvalue weighted by atomic mass is 32.2. The van der Waals surface area contributed by atoms with E-state index in [0.29, 0.717) is 0 Å². The van der Waals surface area contributed by atoms with E-state index in [2.05, 4.69) is 39.3 Å². The maximum Gasteiger partial charge on any atom is 0.156 e. The molecule has 6 nitrogen and oxygen atoms in total. The summed E-state index contributed by atoms with van der Waals surface area (Å²) in [6.07, 6.45) is 4.04. The molecule has 0 radical (unpaired) electrons. The minimum absolute atomic E-state index is 0.101. The number of nitrogens with zero attached hydrogens (tertiary/aromatic N) is 4. The molecule has 4 rings (SSSR count). The third-order valence-electron chi connectivity index (χ3n) is 5.80. The first kappa shape index (κ1) is 21.6. The van der Waals surface area contributed by atoms with Crippen molar-refractivity contribution in [3.05, 3.63) is 78.1 Å². The highest BCUT2D eigenvalue weighted by molar-refractivity contribution is 7.91. The number of piperazine rings is 1. The fraction of sp³-hybridized carbons (Fsp3) is 0.375. The lowest BCUT2D eigenvalue weighted by Crippen LogP contribution is -2.45. The minimum atomic E-state index is -3.09. The molecule has 0 unspecified atom stereocenters. The fourth-order valence-electron chi connectivity index (χ4n) is 3.83. The highest BCUT2D eigenvalue weighted by Gasteiger charge is 2.20. The van der Waals surface area contributed by atoms with Gasteiger partial charge in [0.25, 0.3) is 0 Å². The molecule has 2 aromatic carbocycles. The number of hydrogen-bond donors (Lipinski definition) is 0. The van der Waals surface area contributed by atoms with E-state index in [1.165, 1.54) is 5.56 Å². The van der Waals surface area contributed by atoms with Crippen LogP contribution in [0.2, 0.25) is 0 Å². The molecule has 7 heteroatoms. The number of hydrogen-bond acceptors (Lipinski definition) is 5. The topological polar surface area (TPSA) is 58.4 Å². The van der Waals surface area contributed by atoms with Gasteiger partial charge in [-0.05, 0) is 43.7 Å². The molecule has 0 bridgehead atoms. The Morgan fingerprint density at radius 1 is 0.903 bits per heavy atom. The molecule has 1 saturated heterocycles. The summed E-state index contributed by atoms with van der Waals surface area (Å²) in [5, 5.41) is 4.14. The molecule has 0 spiro atoms. The van der Waals surface area contributed by atoms with Gasteiger partial charge in [0.05, 0.1) is 22.9 Å². The Labute approximate surface area is 185 Å². The lowest BCUT2D eigenvalue weighted by molar-refractivity contribution is 0.250. The summed E-state index contributed by atoms with van der Waals surface area (Å²) in [4.78, 5) is 4.78. The largest absolute Gasteiger partial charge is 0.369 e. The molecular weight excluding hydrogens is 408 g/mol. The van der Waals surface area contributed by atoms with Gasteiger partial charge in [0.15, 0.2) is 9.84 Å². The van der Waals surface area contributed by atoms with Crippen molar-refractivity contribution >= 4 is 15.5 Å². The van der Waals surface area contributed by atoms with Crippen molar-refractivity contribution in [2.75, 3.05) is 31.1 Å². The van der Waals surface area contributed by atoms with Crippen molar-refractivity contribution in [3.8, 4) is 5.69 Å². The van der Waals surface area contributed by atoms with E-state index in [1.54, 1.807) is 13.8 Å². The van der Waals surface area contributed by atoms with Crippen molar-refractivity contribution in [3.63, 3.8) is 0 Å². The average molecular weight is 439 g/mol. The van der Waals surface area contributed by atoms with Crippen molar-refractivity contribution in [1.82, 2.24) is 14.7 Å². The zero-order valence-corrected chi connectivity index (χ0v) is 19.0. The molecule has 0 saturated carbocycles. The normalized spacial score (nSPS) is 15.5. The van der Waals surface area contributed by atoms with E-state index in [-0.39, 0.29) is 11.0 Å². The number of para-hydroxylation sites is 1. The Morgan fingerprint density at radius 3 is 2.32 bits per heavy atom. The van der Waals surface area contributed by atoms with E-state index in [1.807, 2.05) is 47.3 Å². The molecule has 3 aromatic rings. The Bertz CT molecular complexity index is 1100. The van der Waals surface area contributed by atoms with Crippen LogP contribution in [0.4, 0.5) is 5.69 Å². The molecule has 1 fully saturated rings. The second kappa shape index (κ2) is 9.24. The van der Waals surface area contributed by atoms with Gasteiger partial charge >= 0.3 is 0 Å². The Hall–Kier alpha value is -2.64. The third-order valence-corrected chi connectivity index (χ3v) is 7.97. The molecule has 1 aliphatic rings. The summed E-state index contributed by atoms with van der Waals surface area (Å²) in [6, 6.07) is 18.1. The van der Waals surface area contributed by atoms with Gasteiger partial charge in [0.2, 0.25) is 0 Å². The molecule has 2 heterocycles. The van der Waals surface area contributed by atoms with Gasteiger partial charge in [-0.15, -0.1) is 0 Å². The SMILES string of the molecule is CC(C)S(=O)(=O)Cc1cccc(N2CCN(Cc3cnn(-c4ccccc4)c3)CC2)c1. The van der Waals surface area contributed by atoms with E-state index in [0.717, 1.165) is 49.7 Å². The maximum absolute atomic E-state index is 12.3. The smallest absolute Gasteiger partial charge is 0.156 e. The van der Waals surface area contributed by atoms with Crippen molar-refractivity contribution < 1.29 is 8.42 Å². The van der Waals surface area contributed by atoms with Crippen LogP contribution in [0.3, 0.4) is 0 Å². The summed E-state index contributed by atoms with van der Waals surface area (Å²) >= 11 is 0. The summed E-state index contributed by atoms with van der Waals surface area (Å²) in [7, 11) is -3.09. The van der Waals surface area contributed by atoms with Gasteiger partial charge in [-0.25, -0.2) is 13.1 Å². The number of rotatable bonds is 7. The Morgan fingerprint density at radius 2 is 1.61 bits per heavy atom. The molecule has 164 valence electrons. The second-order valence-electron chi connectivity index (χ2n) is 8.42. The van der Waals surface area contributed by atoms with E-state index in [9.17, 15) is 8.42 Å². The van der Waals surface area contributed by atoms with Gasteiger partial charge in [0, 0.05) is 50.2 Å². The lowest BCUT2D eigenvalue weighted by atomic mass is 10.2. The monoisotopic (exact) mass is 438 g/mol. The van der Waals surface area contributed by atoms with Gasteiger partial charge in [-0.3, -0.25) is 4.90 Å². The molecule has 1 aliphatic heterocycles. The third kappa shape index (κ3) is 5.35. The molecule has 0 atom stereocenters. The molecule has 1 aromatic heterocycles. The van der Waals surface area contributed by atoms with Crippen molar-refractivity contribution in [2.24, 2.45) is 0 Å². The zero-order valence-electron chi connectivity index (χ0n) is 18.2. The first-order chi connectivity index (χ1) is 14.9. The standard InChI is InChI=1S/C24H30N4O2S/c1-20(2)31(29,30)19-21-7-6-10-24(15-21)27-13-11-26(12-14-27)17-22-16-25-28(18-22)23-8-4-3-5-9-23/h3-10,15-16,18,20H,11-14,17,19H2,1-2H3. The first-order valence-electron chi connectivity index (χ1n) is 10.8. The maximum atomic E-state index is 12.3. The van der Waals surface area contributed by atoms with Crippen LogP contribution in [0.15, 0.2) is 67.0 Å². The van der Waals surface area contributed by atoms with Crippen LogP contribution in [-0.2, 0) is 22.1 Å². The number of aromatic nitrogens is 2. The van der Waals surface area contributed by atoms with Crippen LogP contribution in [0, 0.1) is 0 Å². The summed E-state index contributed by atoms with van der Waals surface area (Å²) < 4.78 is 26.5. The van der Waals surface area contributed by atoms with Gasteiger partial charge in [0.1, 0.15) is 0 Å². The van der Waals surface area contributed by atoms with Crippen LogP contribution in [0.25, 0.3) is 5.69 Å². The predicted molar refractivity (Wildman–Crippen MR) is 125 cm³/mol. The highest BCUT2D eigenvalue weighted by Crippen LogP contribution is 2.21. The van der Waals surface area contributed by atoms with Crippen LogP contribution in [-0.4, -0.2) is 54.5 Å². The second-order valence-corrected chi connectivity index (χ2v) is 11.0. The van der Waals surface area contributed by atoms with E-state index in [4.69, 9.17) is 0 Å². The summed E-state index contributed by atoms with van der Waals surface area (Å²) in [5.74, 6) is 0.101. The molecular formula is C24H30N4O2S. The molecule has 0 N–H and O–H groups in total. The minimum Gasteiger partial charge on any atom is -0.369 e. The summed E-state index contributed by atoms with van der Waals surface area (Å²) in [6.45, 7) is 8.13. The lowest BCUT2D eigenvalue weighted by Gasteiger charge is -2.36. The molecule has 0 aliphatic carbocycles. The van der Waals surface area contributed by atoms with Crippen LogP contribution in [0.5, 0.6) is 0 Å². The van der Waals surface area contributed by atoms with E-state index < -0.39 is 9.84 Å². The van der Waals surface area contributed by atoms with Crippen LogP contribution < -0.4 is 4.90 Å². The number of sulfone groups is 1. The predicted octanol–water partition coefficient (Wildman–Crippen LogP) is 3.52. The van der Waals surface area contributed by atoms with Crippen molar-refractivity contribution in [1.29, 1.82) is 0 Å². The average Bonchev–Trinajstić information content (AvgIpc) is 3.23. The van der Waals surface area contributed by atoms with Gasteiger partial charge in [-0.2, -0.15) is 5.10 Å². The molecule has 0 amide bonds. The molecule has 31 heavy (non-hydrogen) atoms. The van der Waals surface area contributed by atoms with Crippen molar-refractivity contribution in [2.45, 2.75) is 31.4 Å². The number of anilines is 1. The fourth-order valence-corrected chi connectivity index (χ4v) is 4.81. The van der Waals surface area contributed by atoms with E-state index >= 15 is 0 Å². The quantitative estimate of drug-likeness (QED) is 0.565. The Kier molecular flexibility index (Phi) is 6.43. The van der Waals surface area contributed by atoms with Crippen LogP contribution in [0.1, 0.15) is 25.0 Å². The first-order valence-corrected chi connectivity index (χ1v) is 12.5. The van der Waals surface area contributed by atoms with Gasteiger partial charge in [-0.1, -0.05) is 30.3 Å². The van der Waals surface area contributed by atoms with Crippen LogP contribution >= 0.6 is 0 Å². The summed E-state index contributed by atoms with van der Waals surface area (Å²) in [5.41, 5.74) is 4.24. The Balaban J connectivity index is 1.34. The van der Waals surface area contributed by atoms with Gasteiger partial charge < -0.3 is 4.90 Å². The zero-order chi connectivity index (χ0) is 21.8.